The van der Waals surface area contributed by atoms with Gasteiger partial charge in [-0.25, -0.2) is 0 Å². The summed E-state index contributed by atoms with van der Waals surface area (Å²) in [5, 5.41) is 7.55. The molecule has 0 bridgehead atoms. The molecule has 1 unspecified atom stereocenters. The third-order valence-electron chi connectivity index (χ3n) is 2.52. The maximum Gasteiger partial charge on any atom is 0.0755 e. The van der Waals surface area contributed by atoms with Gasteiger partial charge in [0.2, 0.25) is 0 Å². The summed E-state index contributed by atoms with van der Waals surface area (Å²) in [7, 11) is 1.95. The van der Waals surface area contributed by atoms with E-state index in [9.17, 15) is 0 Å². The van der Waals surface area contributed by atoms with Crippen molar-refractivity contribution in [1.29, 1.82) is 0 Å². The molecular formula is C9H16N4. The average molecular weight is 180 g/mol. The molecule has 1 aliphatic rings. The van der Waals surface area contributed by atoms with Crippen LogP contribution in [0, 0.1) is 0 Å². The van der Waals surface area contributed by atoms with Crippen LogP contribution in [-0.4, -0.2) is 35.5 Å². The standard InChI is InChI=1S/C9H16N4/c1-8-5-10-3-4-13(8)9-6-11-12(2)7-9/h6-8,10H,3-5H2,1-2H3. The Bertz CT molecular complexity index is 281. The minimum Gasteiger partial charge on any atom is -0.364 e. The average Bonchev–Trinajstić information content (AvgIpc) is 2.53. The molecule has 1 aliphatic heterocycles. The summed E-state index contributed by atoms with van der Waals surface area (Å²) in [6.45, 7) is 5.44. The van der Waals surface area contributed by atoms with E-state index < -0.39 is 0 Å². The summed E-state index contributed by atoms with van der Waals surface area (Å²) in [6, 6.07) is 0.568. The highest BCUT2D eigenvalue weighted by Gasteiger charge is 2.18. The first kappa shape index (κ1) is 8.56. The van der Waals surface area contributed by atoms with Crippen molar-refractivity contribution in [3.8, 4) is 0 Å². The summed E-state index contributed by atoms with van der Waals surface area (Å²) in [4.78, 5) is 2.39. The summed E-state index contributed by atoms with van der Waals surface area (Å²) >= 11 is 0. The fourth-order valence-corrected chi connectivity index (χ4v) is 1.78. The van der Waals surface area contributed by atoms with E-state index in [1.807, 2.05) is 17.9 Å². The largest absolute Gasteiger partial charge is 0.364 e. The van der Waals surface area contributed by atoms with E-state index >= 15 is 0 Å². The predicted octanol–water partition coefficient (Wildman–Crippen LogP) is 0.218. The van der Waals surface area contributed by atoms with Gasteiger partial charge in [0.15, 0.2) is 0 Å². The van der Waals surface area contributed by atoms with Gasteiger partial charge in [-0.1, -0.05) is 0 Å². The number of anilines is 1. The van der Waals surface area contributed by atoms with Crippen molar-refractivity contribution in [2.75, 3.05) is 24.5 Å². The van der Waals surface area contributed by atoms with Crippen LogP contribution >= 0.6 is 0 Å². The zero-order valence-corrected chi connectivity index (χ0v) is 8.20. The summed E-state index contributed by atoms with van der Waals surface area (Å²) < 4.78 is 1.85. The zero-order valence-electron chi connectivity index (χ0n) is 8.20. The molecule has 0 radical (unpaired) electrons. The lowest BCUT2D eigenvalue weighted by atomic mass is 10.2. The van der Waals surface area contributed by atoms with Gasteiger partial charge in [0.05, 0.1) is 11.9 Å². The number of hydrogen-bond donors (Lipinski definition) is 1. The number of nitrogens with zero attached hydrogens (tertiary/aromatic N) is 3. The third kappa shape index (κ3) is 1.67. The van der Waals surface area contributed by atoms with Crippen molar-refractivity contribution in [2.45, 2.75) is 13.0 Å². The number of piperazine rings is 1. The molecule has 0 spiro atoms. The van der Waals surface area contributed by atoms with E-state index in [0.717, 1.165) is 19.6 Å². The molecule has 13 heavy (non-hydrogen) atoms. The fraction of sp³-hybridized carbons (Fsp3) is 0.667. The molecule has 4 nitrogen and oxygen atoms in total. The third-order valence-corrected chi connectivity index (χ3v) is 2.52. The normalized spacial score (nSPS) is 23.5. The molecular weight excluding hydrogens is 164 g/mol. The lowest BCUT2D eigenvalue weighted by Gasteiger charge is -2.34. The predicted molar refractivity (Wildman–Crippen MR) is 52.9 cm³/mol. The van der Waals surface area contributed by atoms with Crippen molar-refractivity contribution in [1.82, 2.24) is 15.1 Å². The van der Waals surface area contributed by atoms with Gasteiger partial charge in [0.25, 0.3) is 0 Å². The van der Waals surface area contributed by atoms with Gasteiger partial charge in [0.1, 0.15) is 0 Å². The van der Waals surface area contributed by atoms with E-state index in [0.29, 0.717) is 6.04 Å². The molecule has 1 aromatic rings. The Balaban J connectivity index is 2.14. The Hall–Kier alpha value is -1.03. The van der Waals surface area contributed by atoms with Gasteiger partial charge in [-0.2, -0.15) is 5.10 Å². The minimum absolute atomic E-state index is 0.568. The van der Waals surface area contributed by atoms with Gasteiger partial charge in [-0.3, -0.25) is 4.68 Å². The molecule has 0 amide bonds. The highest BCUT2D eigenvalue weighted by molar-refractivity contribution is 5.44. The van der Waals surface area contributed by atoms with Crippen LogP contribution in [0.5, 0.6) is 0 Å². The molecule has 0 aliphatic carbocycles. The van der Waals surface area contributed by atoms with Crippen LogP contribution in [0.3, 0.4) is 0 Å². The molecule has 1 N–H and O–H groups in total. The Labute approximate surface area is 78.5 Å². The molecule has 2 rings (SSSR count). The Kier molecular flexibility index (Phi) is 2.22. The molecule has 4 heteroatoms. The Morgan fingerprint density at radius 2 is 2.46 bits per heavy atom. The van der Waals surface area contributed by atoms with Crippen LogP contribution in [0.15, 0.2) is 12.4 Å². The Morgan fingerprint density at radius 3 is 3.08 bits per heavy atom. The number of rotatable bonds is 1. The number of nitrogens with one attached hydrogen (secondary N) is 1. The lowest BCUT2D eigenvalue weighted by Crippen LogP contribution is -2.49. The van der Waals surface area contributed by atoms with Crippen molar-refractivity contribution in [2.24, 2.45) is 7.05 Å². The lowest BCUT2D eigenvalue weighted by molar-refractivity contribution is 0.501. The molecule has 1 aromatic heterocycles. The first-order chi connectivity index (χ1) is 6.27. The highest BCUT2D eigenvalue weighted by atomic mass is 15.3. The van der Waals surface area contributed by atoms with Crippen LogP contribution in [-0.2, 0) is 7.05 Å². The Morgan fingerprint density at radius 1 is 1.62 bits per heavy atom. The van der Waals surface area contributed by atoms with Crippen LogP contribution in [0.1, 0.15) is 6.92 Å². The quantitative estimate of drug-likeness (QED) is 0.671. The number of hydrogen-bond acceptors (Lipinski definition) is 3. The maximum absolute atomic E-state index is 4.18. The SMILES string of the molecule is CC1CNCCN1c1cnn(C)c1. The van der Waals surface area contributed by atoms with Gasteiger partial charge in [0, 0.05) is 38.9 Å². The molecule has 2 heterocycles. The van der Waals surface area contributed by atoms with Gasteiger partial charge < -0.3 is 10.2 Å². The van der Waals surface area contributed by atoms with Crippen molar-refractivity contribution >= 4 is 5.69 Å². The maximum atomic E-state index is 4.18. The smallest absolute Gasteiger partial charge is 0.0755 e. The summed E-state index contributed by atoms with van der Waals surface area (Å²) in [5.74, 6) is 0. The second-order valence-electron chi connectivity index (χ2n) is 3.62. The van der Waals surface area contributed by atoms with E-state index in [1.165, 1.54) is 5.69 Å². The van der Waals surface area contributed by atoms with E-state index in [1.54, 1.807) is 0 Å². The fourth-order valence-electron chi connectivity index (χ4n) is 1.78. The van der Waals surface area contributed by atoms with E-state index in [2.05, 4.69) is 28.4 Å². The monoisotopic (exact) mass is 180 g/mol. The van der Waals surface area contributed by atoms with Crippen LogP contribution in [0.25, 0.3) is 0 Å². The number of aryl methyl sites for hydroxylation is 1. The minimum atomic E-state index is 0.568. The van der Waals surface area contributed by atoms with Gasteiger partial charge >= 0.3 is 0 Å². The molecule has 72 valence electrons. The van der Waals surface area contributed by atoms with Crippen LogP contribution in [0.4, 0.5) is 5.69 Å². The van der Waals surface area contributed by atoms with Gasteiger partial charge in [-0.05, 0) is 6.92 Å². The second-order valence-corrected chi connectivity index (χ2v) is 3.62. The number of aromatic nitrogens is 2. The molecule has 0 aromatic carbocycles. The highest BCUT2D eigenvalue weighted by Crippen LogP contribution is 2.16. The van der Waals surface area contributed by atoms with Gasteiger partial charge in [-0.15, -0.1) is 0 Å². The zero-order chi connectivity index (χ0) is 9.26. The molecule has 1 saturated heterocycles. The van der Waals surface area contributed by atoms with E-state index in [4.69, 9.17) is 0 Å². The molecule has 0 saturated carbocycles. The first-order valence-corrected chi connectivity index (χ1v) is 4.73. The van der Waals surface area contributed by atoms with Crippen LogP contribution in [0.2, 0.25) is 0 Å². The summed E-state index contributed by atoms with van der Waals surface area (Å²) in [6.07, 6.45) is 4.00. The topological polar surface area (TPSA) is 33.1 Å². The first-order valence-electron chi connectivity index (χ1n) is 4.73. The second kappa shape index (κ2) is 3.38. The van der Waals surface area contributed by atoms with Crippen molar-refractivity contribution in [3.05, 3.63) is 12.4 Å². The van der Waals surface area contributed by atoms with Crippen molar-refractivity contribution in [3.63, 3.8) is 0 Å². The summed E-state index contributed by atoms with van der Waals surface area (Å²) in [5.41, 5.74) is 1.23. The van der Waals surface area contributed by atoms with Crippen LogP contribution < -0.4 is 10.2 Å². The molecule has 1 atom stereocenters. The van der Waals surface area contributed by atoms with Crippen molar-refractivity contribution < 1.29 is 0 Å². The molecule has 1 fully saturated rings. The van der Waals surface area contributed by atoms with E-state index in [-0.39, 0.29) is 0 Å².